The fourth-order valence-corrected chi connectivity index (χ4v) is 2.77. The predicted octanol–water partition coefficient (Wildman–Crippen LogP) is 4.71. The highest BCUT2D eigenvalue weighted by Gasteiger charge is 2.14. The van der Waals surface area contributed by atoms with Crippen LogP contribution in [0.2, 0.25) is 0 Å². The van der Waals surface area contributed by atoms with Crippen molar-refractivity contribution in [1.82, 2.24) is 0 Å². The number of hydrogen-bond donors (Lipinski definition) is 0. The molecule has 0 aliphatic heterocycles. The molecule has 2 aromatic rings. The molecule has 3 nitrogen and oxygen atoms in total. The standard InChI is InChI=1S/C18H23ClO3/c1-3-6-14-15-9-8-13(21-11-5-10-19)12-17(15)22-18(20)16(14)7-4-2/h8-9,12H,3-7,10-11H2,1-2H3. The fourth-order valence-electron chi connectivity index (χ4n) is 2.66. The Morgan fingerprint density at radius 1 is 1.14 bits per heavy atom. The fraction of sp³-hybridized carbons (Fsp3) is 0.500. The summed E-state index contributed by atoms with van der Waals surface area (Å²) in [6, 6.07) is 5.74. The Bertz CT molecular complexity index is 676. The van der Waals surface area contributed by atoms with Crippen molar-refractivity contribution in [3.63, 3.8) is 0 Å². The Morgan fingerprint density at radius 3 is 2.55 bits per heavy atom. The third-order valence-electron chi connectivity index (χ3n) is 3.64. The van der Waals surface area contributed by atoms with Gasteiger partial charge in [-0.2, -0.15) is 0 Å². The van der Waals surface area contributed by atoms with E-state index >= 15 is 0 Å². The zero-order valence-corrected chi connectivity index (χ0v) is 14.0. The van der Waals surface area contributed by atoms with Gasteiger partial charge in [0.2, 0.25) is 0 Å². The van der Waals surface area contributed by atoms with Crippen molar-refractivity contribution >= 4 is 22.6 Å². The van der Waals surface area contributed by atoms with Crippen LogP contribution in [0.25, 0.3) is 11.0 Å². The highest BCUT2D eigenvalue weighted by Crippen LogP contribution is 2.26. The molecule has 0 bridgehead atoms. The monoisotopic (exact) mass is 322 g/mol. The second-order valence-corrected chi connectivity index (χ2v) is 5.77. The number of aryl methyl sites for hydroxylation is 1. The normalized spacial score (nSPS) is 11.0. The van der Waals surface area contributed by atoms with Crippen LogP contribution in [0.5, 0.6) is 5.75 Å². The molecule has 0 N–H and O–H groups in total. The molecule has 0 unspecified atom stereocenters. The number of benzene rings is 1. The molecule has 1 heterocycles. The number of halogens is 1. The van der Waals surface area contributed by atoms with Crippen molar-refractivity contribution in [2.24, 2.45) is 0 Å². The van der Waals surface area contributed by atoms with Gasteiger partial charge in [-0.05, 0) is 37.0 Å². The summed E-state index contributed by atoms with van der Waals surface area (Å²) in [6.45, 7) is 4.77. The maximum Gasteiger partial charge on any atom is 0.339 e. The van der Waals surface area contributed by atoms with E-state index in [1.54, 1.807) is 6.07 Å². The second-order valence-electron chi connectivity index (χ2n) is 5.40. The predicted molar refractivity (Wildman–Crippen MR) is 91.3 cm³/mol. The molecular formula is C18H23ClO3. The first kappa shape index (κ1) is 16.9. The Hall–Kier alpha value is -1.48. The summed E-state index contributed by atoms with van der Waals surface area (Å²) in [5.41, 5.74) is 2.35. The molecule has 2 rings (SSSR count). The number of ether oxygens (including phenoxy) is 1. The minimum atomic E-state index is -0.212. The van der Waals surface area contributed by atoms with Gasteiger partial charge in [0.05, 0.1) is 6.61 Å². The lowest BCUT2D eigenvalue weighted by molar-refractivity contribution is 0.318. The van der Waals surface area contributed by atoms with Gasteiger partial charge in [-0.1, -0.05) is 26.7 Å². The van der Waals surface area contributed by atoms with Crippen LogP contribution in [0.15, 0.2) is 27.4 Å². The first-order valence-corrected chi connectivity index (χ1v) is 8.52. The van der Waals surface area contributed by atoms with E-state index in [2.05, 4.69) is 13.8 Å². The van der Waals surface area contributed by atoms with E-state index in [9.17, 15) is 4.79 Å². The third-order valence-corrected chi connectivity index (χ3v) is 3.91. The SMILES string of the molecule is CCCc1c(CCC)c2ccc(OCCCCl)cc2oc1=O. The molecular weight excluding hydrogens is 300 g/mol. The van der Waals surface area contributed by atoms with E-state index in [0.717, 1.165) is 48.6 Å². The van der Waals surface area contributed by atoms with Crippen LogP contribution in [0.3, 0.4) is 0 Å². The Kier molecular flexibility index (Phi) is 6.32. The molecule has 0 saturated carbocycles. The summed E-state index contributed by atoms with van der Waals surface area (Å²) in [5.74, 6) is 1.29. The van der Waals surface area contributed by atoms with Gasteiger partial charge in [-0.25, -0.2) is 4.79 Å². The summed E-state index contributed by atoms with van der Waals surface area (Å²) < 4.78 is 11.1. The lowest BCUT2D eigenvalue weighted by Gasteiger charge is -2.11. The molecule has 1 aromatic heterocycles. The van der Waals surface area contributed by atoms with E-state index in [1.165, 1.54) is 0 Å². The highest BCUT2D eigenvalue weighted by atomic mass is 35.5. The topological polar surface area (TPSA) is 39.4 Å². The molecule has 22 heavy (non-hydrogen) atoms. The largest absolute Gasteiger partial charge is 0.493 e. The summed E-state index contributed by atoms with van der Waals surface area (Å²) in [6.07, 6.45) is 4.39. The van der Waals surface area contributed by atoms with Crippen molar-refractivity contribution in [3.8, 4) is 5.75 Å². The van der Waals surface area contributed by atoms with Gasteiger partial charge in [-0.3, -0.25) is 0 Å². The smallest absolute Gasteiger partial charge is 0.339 e. The van der Waals surface area contributed by atoms with Crippen molar-refractivity contribution in [1.29, 1.82) is 0 Å². The first-order chi connectivity index (χ1) is 10.7. The summed E-state index contributed by atoms with van der Waals surface area (Å²) >= 11 is 5.65. The number of fused-ring (bicyclic) bond motifs is 1. The molecule has 0 spiro atoms. The molecule has 0 atom stereocenters. The molecule has 120 valence electrons. The third kappa shape index (κ3) is 3.83. The lowest BCUT2D eigenvalue weighted by Crippen LogP contribution is -2.12. The van der Waals surface area contributed by atoms with Crippen LogP contribution in [-0.2, 0) is 12.8 Å². The summed E-state index contributed by atoms with van der Waals surface area (Å²) in [7, 11) is 0. The lowest BCUT2D eigenvalue weighted by atomic mass is 9.97. The average Bonchev–Trinajstić information content (AvgIpc) is 2.51. The Morgan fingerprint density at radius 2 is 1.86 bits per heavy atom. The quantitative estimate of drug-likeness (QED) is 0.401. The minimum Gasteiger partial charge on any atom is -0.493 e. The van der Waals surface area contributed by atoms with Crippen LogP contribution in [0.1, 0.15) is 44.2 Å². The van der Waals surface area contributed by atoms with Crippen LogP contribution < -0.4 is 10.4 Å². The first-order valence-electron chi connectivity index (χ1n) is 7.98. The maximum absolute atomic E-state index is 12.3. The molecule has 0 aliphatic rings. The van der Waals surface area contributed by atoms with Gasteiger partial charge in [0.25, 0.3) is 0 Å². The number of hydrogen-bond acceptors (Lipinski definition) is 3. The van der Waals surface area contributed by atoms with Gasteiger partial charge in [0.1, 0.15) is 11.3 Å². The highest BCUT2D eigenvalue weighted by molar-refractivity contribution is 6.17. The van der Waals surface area contributed by atoms with Crippen LogP contribution >= 0.6 is 11.6 Å². The van der Waals surface area contributed by atoms with E-state index in [4.69, 9.17) is 20.8 Å². The molecule has 0 amide bonds. The van der Waals surface area contributed by atoms with Crippen LogP contribution in [-0.4, -0.2) is 12.5 Å². The maximum atomic E-state index is 12.3. The van der Waals surface area contributed by atoms with Crippen molar-refractivity contribution in [2.45, 2.75) is 46.0 Å². The van der Waals surface area contributed by atoms with Crippen molar-refractivity contribution in [2.75, 3.05) is 12.5 Å². The van der Waals surface area contributed by atoms with Crippen LogP contribution in [0.4, 0.5) is 0 Å². The van der Waals surface area contributed by atoms with Crippen molar-refractivity contribution < 1.29 is 9.15 Å². The van der Waals surface area contributed by atoms with E-state index in [-0.39, 0.29) is 5.63 Å². The number of alkyl halides is 1. The average molecular weight is 323 g/mol. The molecule has 0 aliphatic carbocycles. The number of rotatable bonds is 8. The second kappa shape index (κ2) is 8.23. The Labute approximate surface area is 136 Å². The van der Waals surface area contributed by atoms with Gasteiger partial charge >= 0.3 is 5.63 Å². The van der Waals surface area contributed by atoms with Gasteiger partial charge in [0, 0.05) is 22.9 Å². The van der Waals surface area contributed by atoms with Gasteiger partial charge in [-0.15, -0.1) is 11.6 Å². The molecule has 4 heteroatoms. The summed E-state index contributed by atoms with van der Waals surface area (Å²) in [5, 5.41) is 1.02. The van der Waals surface area contributed by atoms with Crippen molar-refractivity contribution in [3.05, 3.63) is 39.7 Å². The zero-order chi connectivity index (χ0) is 15.9. The molecule has 0 saturated heterocycles. The molecule has 1 aromatic carbocycles. The summed E-state index contributed by atoms with van der Waals surface area (Å²) in [4.78, 5) is 12.3. The van der Waals surface area contributed by atoms with Gasteiger partial charge < -0.3 is 9.15 Å². The van der Waals surface area contributed by atoms with E-state index < -0.39 is 0 Å². The van der Waals surface area contributed by atoms with Crippen LogP contribution in [0, 0.1) is 0 Å². The molecule has 0 radical (unpaired) electrons. The Balaban J connectivity index is 2.45. The minimum absolute atomic E-state index is 0.212. The zero-order valence-electron chi connectivity index (χ0n) is 13.3. The van der Waals surface area contributed by atoms with E-state index in [1.807, 2.05) is 12.1 Å². The van der Waals surface area contributed by atoms with E-state index in [0.29, 0.717) is 23.8 Å². The molecule has 0 fully saturated rings. The van der Waals surface area contributed by atoms with Gasteiger partial charge in [0.15, 0.2) is 0 Å².